The van der Waals surface area contributed by atoms with Crippen LogP contribution in [0.3, 0.4) is 0 Å². The fourth-order valence-electron chi connectivity index (χ4n) is 2.70. The van der Waals surface area contributed by atoms with Gasteiger partial charge in [0.2, 0.25) is 5.95 Å². The Balaban J connectivity index is 1.80. The van der Waals surface area contributed by atoms with E-state index in [1.165, 1.54) is 12.3 Å². The van der Waals surface area contributed by atoms with E-state index in [2.05, 4.69) is 20.3 Å². The molecule has 0 fully saturated rings. The minimum atomic E-state index is -1.08. The van der Waals surface area contributed by atoms with Crippen molar-refractivity contribution < 1.29 is 19.4 Å². The number of carbonyl (C=O) groups excluding carboxylic acids is 1. The number of aromatic carboxylic acids is 1. The van der Waals surface area contributed by atoms with Gasteiger partial charge >= 0.3 is 5.97 Å². The van der Waals surface area contributed by atoms with Crippen LogP contribution in [0.2, 0.25) is 0 Å². The molecule has 2 aromatic heterocycles. The number of pyridine rings is 1. The van der Waals surface area contributed by atoms with Gasteiger partial charge in [-0.05, 0) is 31.0 Å². The number of hydrogen-bond acceptors (Lipinski definition) is 5. The second-order valence-corrected chi connectivity index (χ2v) is 6.01. The largest absolute Gasteiger partial charge is 0.489 e. The molecule has 0 bridgehead atoms. The lowest BCUT2D eigenvalue weighted by Crippen LogP contribution is -2.16. The number of para-hydroxylation sites is 1. The highest BCUT2D eigenvalue weighted by Crippen LogP contribution is 2.20. The lowest BCUT2D eigenvalue weighted by atomic mass is 10.2. The fourth-order valence-corrected chi connectivity index (χ4v) is 2.70. The van der Waals surface area contributed by atoms with Crippen LogP contribution in [0, 0.1) is 0 Å². The van der Waals surface area contributed by atoms with E-state index in [0.29, 0.717) is 16.8 Å². The quantitative estimate of drug-likeness (QED) is 0.588. The molecule has 0 saturated carbocycles. The molecule has 0 radical (unpaired) electrons. The molecule has 140 valence electrons. The number of fused-ring (bicyclic) bond motifs is 1. The van der Waals surface area contributed by atoms with Crippen molar-refractivity contribution in [1.29, 1.82) is 0 Å². The normalized spacial score (nSPS) is 10.9. The van der Waals surface area contributed by atoms with Crippen LogP contribution in [0.4, 0.5) is 5.95 Å². The summed E-state index contributed by atoms with van der Waals surface area (Å²) in [5.74, 6) is -0.821. The van der Waals surface area contributed by atoms with Crippen LogP contribution in [-0.2, 0) is 0 Å². The smallest absolute Gasteiger partial charge is 0.337 e. The highest BCUT2D eigenvalue weighted by Gasteiger charge is 2.15. The van der Waals surface area contributed by atoms with E-state index in [4.69, 9.17) is 4.74 Å². The number of carboxylic acid groups (broad SMARTS) is 1. The summed E-state index contributed by atoms with van der Waals surface area (Å²) in [4.78, 5) is 34.9. The number of H-pyrrole nitrogens is 1. The first-order valence-corrected chi connectivity index (χ1v) is 8.66. The van der Waals surface area contributed by atoms with Crippen LogP contribution in [-0.4, -0.2) is 38.0 Å². The first-order valence-electron chi connectivity index (χ1n) is 8.66. The van der Waals surface area contributed by atoms with Gasteiger partial charge in [0.25, 0.3) is 5.91 Å². The van der Waals surface area contributed by atoms with Gasteiger partial charge in [0.15, 0.2) is 0 Å². The number of benzene rings is 1. The molecular formula is C19H20N4O4. The summed E-state index contributed by atoms with van der Waals surface area (Å²) in [6.45, 7) is 4.07. The zero-order valence-electron chi connectivity index (χ0n) is 15.0. The summed E-state index contributed by atoms with van der Waals surface area (Å²) < 4.78 is 5.81. The fraction of sp³-hybridized carbons (Fsp3) is 0.263. The Morgan fingerprint density at radius 3 is 2.74 bits per heavy atom. The van der Waals surface area contributed by atoms with E-state index < -0.39 is 11.9 Å². The number of ether oxygens (including phenoxy) is 1. The number of amides is 1. The van der Waals surface area contributed by atoms with Gasteiger partial charge in [0.05, 0.1) is 28.9 Å². The third kappa shape index (κ3) is 4.05. The van der Waals surface area contributed by atoms with Gasteiger partial charge in [-0.2, -0.15) is 0 Å². The van der Waals surface area contributed by atoms with Crippen molar-refractivity contribution >= 4 is 28.9 Å². The number of anilines is 1. The van der Waals surface area contributed by atoms with E-state index in [1.54, 1.807) is 24.4 Å². The van der Waals surface area contributed by atoms with Crippen molar-refractivity contribution in [3.05, 3.63) is 47.8 Å². The van der Waals surface area contributed by atoms with Crippen LogP contribution in [0.1, 0.15) is 47.4 Å². The lowest BCUT2D eigenvalue weighted by molar-refractivity contribution is 0.0698. The molecule has 3 aromatic rings. The summed E-state index contributed by atoms with van der Waals surface area (Å²) in [6.07, 6.45) is 4.78. The minimum Gasteiger partial charge on any atom is -0.489 e. The molecule has 2 heterocycles. The predicted molar refractivity (Wildman–Crippen MR) is 100 cm³/mol. The topological polar surface area (TPSA) is 117 Å². The molecule has 3 rings (SSSR count). The predicted octanol–water partition coefficient (Wildman–Crippen LogP) is 3.48. The molecule has 8 heteroatoms. The van der Waals surface area contributed by atoms with Gasteiger partial charge < -0.3 is 14.8 Å². The van der Waals surface area contributed by atoms with Gasteiger partial charge in [-0.15, -0.1) is 0 Å². The highest BCUT2D eigenvalue weighted by atomic mass is 16.5. The average Bonchev–Trinajstić information content (AvgIpc) is 3.08. The van der Waals surface area contributed by atoms with Gasteiger partial charge in [0, 0.05) is 6.20 Å². The molecule has 0 aliphatic rings. The number of nitrogens with zero attached hydrogens (tertiary/aromatic N) is 2. The van der Waals surface area contributed by atoms with Gasteiger partial charge in [-0.25, -0.2) is 9.78 Å². The Morgan fingerprint density at radius 1 is 1.26 bits per heavy atom. The summed E-state index contributed by atoms with van der Waals surface area (Å²) in [6, 6.07) is 6.37. The molecule has 0 unspecified atom stereocenters. The SMILES string of the molecule is CCC(CC)Oc1cncc(C(=O)Nc2nc3c(C(=O)O)cccc3[nH]2)c1. The third-order valence-corrected chi connectivity index (χ3v) is 4.16. The van der Waals surface area contributed by atoms with E-state index in [9.17, 15) is 14.7 Å². The molecule has 1 aromatic carbocycles. The zero-order valence-corrected chi connectivity index (χ0v) is 15.0. The maximum absolute atomic E-state index is 12.5. The number of aromatic amines is 1. The Labute approximate surface area is 155 Å². The van der Waals surface area contributed by atoms with Gasteiger partial charge in [0.1, 0.15) is 11.3 Å². The molecule has 0 spiro atoms. The molecule has 1 amide bonds. The lowest BCUT2D eigenvalue weighted by Gasteiger charge is -2.15. The van der Waals surface area contributed by atoms with E-state index in [0.717, 1.165) is 12.8 Å². The molecule has 0 aliphatic heterocycles. The maximum Gasteiger partial charge on any atom is 0.337 e. The van der Waals surface area contributed by atoms with Crippen LogP contribution >= 0.6 is 0 Å². The van der Waals surface area contributed by atoms with Crippen molar-refractivity contribution in [1.82, 2.24) is 15.0 Å². The van der Waals surface area contributed by atoms with Crippen LogP contribution in [0.15, 0.2) is 36.7 Å². The first kappa shape index (κ1) is 18.4. The number of hydrogen-bond donors (Lipinski definition) is 3. The molecule has 27 heavy (non-hydrogen) atoms. The van der Waals surface area contributed by atoms with Crippen molar-refractivity contribution in [2.45, 2.75) is 32.8 Å². The second-order valence-electron chi connectivity index (χ2n) is 6.01. The molecule has 3 N–H and O–H groups in total. The monoisotopic (exact) mass is 368 g/mol. The minimum absolute atomic E-state index is 0.0616. The van der Waals surface area contributed by atoms with E-state index in [1.807, 2.05) is 13.8 Å². The summed E-state index contributed by atoms with van der Waals surface area (Å²) in [7, 11) is 0. The number of aromatic nitrogens is 3. The van der Waals surface area contributed by atoms with Crippen molar-refractivity contribution in [3.63, 3.8) is 0 Å². The number of carbonyl (C=O) groups is 2. The molecule has 0 atom stereocenters. The Bertz CT molecular complexity index is 979. The number of nitrogens with one attached hydrogen (secondary N) is 2. The molecule has 8 nitrogen and oxygen atoms in total. The third-order valence-electron chi connectivity index (χ3n) is 4.16. The standard InChI is InChI=1S/C19H20N4O4/c1-3-12(4-2)27-13-8-11(9-20-10-13)17(24)23-19-21-15-7-5-6-14(18(25)26)16(15)22-19/h5-10,12H,3-4H2,1-2H3,(H,25,26)(H2,21,22,23,24). The van der Waals surface area contributed by atoms with Crippen LogP contribution in [0.5, 0.6) is 5.75 Å². The summed E-state index contributed by atoms with van der Waals surface area (Å²) >= 11 is 0. The maximum atomic E-state index is 12.5. The zero-order chi connectivity index (χ0) is 19.4. The number of imidazole rings is 1. The van der Waals surface area contributed by atoms with E-state index >= 15 is 0 Å². The van der Waals surface area contributed by atoms with Gasteiger partial charge in [-0.1, -0.05) is 19.9 Å². The Morgan fingerprint density at radius 2 is 2.04 bits per heavy atom. The Hall–Kier alpha value is -3.42. The molecule has 0 saturated heterocycles. The number of carboxylic acids is 1. The first-order chi connectivity index (χ1) is 13.0. The van der Waals surface area contributed by atoms with E-state index in [-0.39, 0.29) is 23.1 Å². The van der Waals surface area contributed by atoms with Crippen LogP contribution < -0.4 is 10.1 Å². The summed E-state index contributed by atoms with van der Waals surface area (Å²) in [5, 5.41) is 11.9. The van der Waals surface area contributed by atoms with Crippen molar-refractivity contribution in [2.24, 2.45) is 0 Å². The van der Waals surface area contributed by atoms with Gasteiger partial charge in [-0.3, -0.25) is 15.1 Å². The summed E-state index contributed by atoms with van der Waals surface area (Å²) in [5.41, 5.74) is 1.18. The highest BCUT2D eigenvalue weighted by molar-refractivity contribution is 6.05. The second kappa shape index (κ2) is 7.86. The molecular weight excluding hydrogens is 348 g/mol. The van der Waals surface area contributed by atoms with Crippen molar-refractivity contribution in [2.75, 3.05) is 5.32 Å². The molecule has 0 aliphatic carbocycles. The number of rotatable bonds is 7. The average molecular weight is 368 g/mol. The van der Waals surface area contributed by atoms with Crippen LogP contribution in [0.25, 0.3) is 11.0 Å². The Kier molecular flexibility index (Phi) is 5.35. The van der Waals surface area contributed by atoms with Crippen molar-refractivity contribution in [3.8, 4) is 5.75 Å².